The Kier molecular flexibility index (Phi) is 6.65. The second kappa shape index (κ2) is 9.62. The van der Waals surface area contributed by atoms with Gasteiger partial charge in [0.05, 0.1) is 0 Å². The van der Waals surface area contributed by atoms with E-state index in [0.717, 1.165) is 11.1 Å². The second-order valence-electron chi connectivity index (χ2n) is 8.16. The van der Waals surface area contributed by atoms with Crippen LogP contribution in [0.1, 0.15) is 17.5 Å². The Labute approximate surface area is 190 Å². The summed E-state index contributed by atoms with van der Waals surface area (Å²) in [6, 6.07) is 19.3. The third kappa shape index (κ3) is 5.34. The Hall–Kier alpha value is -3.39. The Morgan fingerprint density at radius 3 is 2.58 bits per heavy atom. The Balaban J connectivity index is 1.45. The molecule has 33 heavy (non-hydrogen) atoms. The van der Waals surface area contributed by atoms with E-state index >= 15 is 0 Å². The van der Waals surface area contributed by atoms with Gasteiger partial charge in [0.25, 0.3) is 0 Å². The first-order valence-corrected chi connectivity index (χ1v) is 10.6. The number of rotatable bonds is 7. The van der Waals surface area contributed by atoms with E-state index in [1.807, 2.05) is 36.4 Å². The average Bonchev–Trinajstić information content (AvgIpc) is 3.25. The Bertz CT molecular complexity index is 1080. The zero-order valence-electron chi connectivity index (χ0n) is 17.9. The van der Waals surface area contributed by atoms with E-state index in [-0.39, 0.29) is 31.8 Å². The van der Waals surface area contributed by atoms with Crippen LogP contribution in [0.3, 0.4) is 0 Å². The molecular formula is C25H24F3N3O2. The fourth-order valence-electron chi connectivity index (χ4n) is 3.98. The maximum absolute atomic E-state index is 14.2. The number of benzene rings is 2. The quantitative estimate of drug-likeness (QED) is 0.542. The molecule has 1 aromatic heterocycles. The number of carbonyl (C=O) groups excluding carboxylic acids is 1. The Morgan fingerprint density at radius 2 is 1.85 bits per heavy atom. The molecule has 0 spiro atoms. The zero-order chi connectivity index (χ0) is 23.3. The van der Waals surface area contributed by atoms with Gasteiger partial charge < -0.3 is 10.1 Å². The summed E-state index contributed by atoms with van der Waals surface area (Å²) in [5.74, 6) is -0.607. The lowest BCUT2D eigenvalue weighted by atomic mass is 9.85. The van der Waals surface area contributed by atoms with Gasteiger partial charge in [0.2, 0.25) is 5.91 Å². The largest absolute Gasteiger partial charge is 0.489 e. The minimum atomic E-state index is -4.67. The normalized spacial score (nSPS) is 18.8. The molecular weight excluding hydrogens is 431 g/mol. The molecule has 1 saturated heterocycles. The van der Waals surface area contributed by atoms with Crippen molar-refractivity contribution in [2.75, 3.05) is 18.4 Å². The van der Waals surface area contributed by atoms with Gasteiger partial charge in [-0.2, -0.15) is 13.2 Å². The molecule has 1 unspecified atom stereocenters. The highest BCUT2D eigenvalue weighted by atomic mass is 19.4. The maximum atomic E-state index is 14.2. The number of alkyl halides is 3. The summed E-state index contributed by atoms with van der Waals surface area (Å²) in [5, 5.41) is 2.48. The third-order valence-corrected chi connectivity index (χ3v) is 5.79. The lowest BCUT2D eigenvalue weighted by Crippen LogP contribution is -2.49. The molecule has 0 aliphatic carbocycles. The zero-order valence-corrected chi connectivity index (χ0v) is 17.9. The van der Waals surface area contributed by atoms with E-state index in [4.69, 9.17) is 4.74 Å². The molecule has 3 aromatic rings. The molecule has 2 heterocycles. The van der Waals surface area contributed by atoms with Crippen molar-refractivity contribution in [3.8, 4) is 5.75 Å². The molecule has 5 nitrogen and oxygen atoms in total. The van der Waals surface area contributed by atoms with Gasteiger partial charge in [0.1, 0.15) is 12.4 Å². The van der Waals surface area contributed by atoms with Crippen LogP contribution in [0.2, 0.25) is 0 Å². The van der Waals surface area contributed by atoms with Crippen LogP contribution < -0.4 is 10.1 Å². The molecule has 172 valence electrons. The average molecular weight is 455 g/mol. The van der Waals surface area contributed by atoms with Crippen molar-refractivity contribution in [1.29, 1.82) is 0 Å². The van der Waals surface area contributed by atoms with Gasteiger partial charge in [-0.1, -0.05) is 42.5 Å². The maximum Gasteiger partial charge on any atom is 0.404 e. The van der Waals surface area contributed by atoms with E-state index in [1.165, 1.54) is 6.07 Å². The van der Waals surface area contributed by atoms with Crippen LogP contribution in [0, 0.1) is 5.41 Å². The first-order valence-electron chi connectivity index (χ1n) is 10.6. The lowest BCUT2D eigenvalue weighted by molar-refractivity contribution is -0.215. The standard InChI is InChI=1S/C25H24F3N3O2/c26-25(27,28)24(11-13-31(18-24)16-19-6-2-1-3-7-19)23(32)30-21-9-4-10-22(14-21)33-17-20-8-5-12-29-15-20/h1-10,12,14-15H,11,13,16-18H2,(H,30,32). The molecule has 0 radical (unpaired) electrons. The van der Waals surface area contributed by atoms with E-state index in [9.17, 15) is 18.0 Å². The van der Waals surface area contributed by atoms with Gasteiger partial charge in [-0.15, -0.1) is 0 Å². The van der Waals surface area contributed by atoms with Gasteiger partial charge in [-0.3, -0.25) is 14.7 Å². The van der Waals surface area contributed by atoms with E-state index in [2.05, 4.69) is 10.3 Å². The van der Waals surface area contributed by atoms with E-state index < -0.39 is 17.5 Å². The highest BCUT2D eigenvalue weighted by Crippen LogP contribution is 2.46. The number of pyridine rings is 1. The van der Waals surface area contributed by atoms with E-state index in [1.54, 1.807) is 41.6 Å². The molecule has 8 heteroatoms. The fourth-order valence-corrected chi connectivity index (χ4v) is 3.98. The summed E-state index contributed by atoms with van der Waals surface area (Å²) in [4.78, 5) is 18.7. The monoisotopic (exact) mass is 455 g/mol. The van der Waals surface area contributed by atoms with Crippen molar-refractivity contribution in [2.24, 2.45) is 5.41 Å². The summed E-state index contributed by atoms with van der Waals surface area (Å²) in [7, 11) is 0. The van der Waals surface area contributed by atoms with Crippen molar-refractivity contribution in [2.45, 2.75) is 25.7 Å². The predicted molar refractivity (Wildman–Crippen MR) is 118 cm³/mol. The van der Waals surface area contributed by atoms with Gasteiger partial charge in [-0.05, 0) is 36.7 Å². The number of nitrogens with one attached hydrogen (secondary N) is 1. The molecule has 0 saturated carbocycles. The highest BCUT2D eigenvalue weighted by Gasteiger charge is 2.62. The van der Waals surface area contributed by atoms with Crippen LogP contribution >= 0.6 is 0 Å². The number of nitrogens with zero attached hydrogens (tertiary/aromatic N) is 2. The third-order valence-electron chi connectivity index (χ3n) is 5.79. The number of likely N-dealkylation sites (tertiary alicyclic amines) is 1. The second-order valence-corrected chi connectivity index (χ2v) is 8.16. The highest BCUT2D eigenvalue weighted by molar-refractivity contribution is 5.96. The van der Waals surface area contributed by atoms with Crippen LogP contribution in [0.25, 0.3) is 0 Å². The summed E-state index contributed by atoms with van der Waals surface area (Å²) in [6.45, 7) is 0.431. The molecule has 1 N–H and O–H groups in total. The number of amides is 1. The number of hydrogen-bond donors (Lipinski definition) is 1. The predicted octanol–water partition coefficient (Wildman–Crippen LogP) is 5.05. The Morgan fingerprint density at radius 1 is 1.06 bits per heavy atom. The summed E-state index contributed by atoms with van der Waals surface area (Å²) >= 11 is 0. The lowest BCUT2D eigenvalue weighted by Gasteiger charge is -2.30. The SMILES string of the molecule is O=C(Nc1cccc(OCc2cccnc2)c1)C1(C(F)(F)F)CCN(Cc2ccccc2)C1. The molecule has 4 rings (SSSR count). The van der Waals surface area contributed by atoms with Crippen LogP contribution in [0.5, 0.6) is 5.75 Å². The van der Waals surface area contributed by atoms with Crippen molar-refractivity contribution < 1.29 is 22.7 Å². The topological polar surface area (TPSA) is 54.5 Å². The number of anilines is 1. The molecule has 1 aliphatic rings. The first-order chi connectivity index (χ1) is 15.9. The number of ether oxygens (including phenoxy) is 1. The van der Waals surface area contributed by atoms with Crippen molar-refractivity contribution in [3.63, 3.8) is 0 Å². The number of carbonyl (C=O) groups is 1. The van der Waals surface area contributed by atoms with E-state index in [0.29, 0.717) is 12.3 Å². The molecule has 1 amide bonds. The number of hydrogen-bond acceptors (Lipinski definition) is 4. The summed E-state index contributed by atoms with van der Waals surface area (Å²) in [6.07, 6.45) is -1.64. The van der Waals surface area contributed by atoms with Crippen molar-refractivity contribution in [3.05, 3.63) is 90.3 Å². The van der Waals surface area contributed by atoms with Gasteiger partial charge in [0.15, 0.2) is 5.41 Å². The summed E-state index contributed by atoms with van der Waals surface area (Å²) in [5.41, 5.74) is -0.440. The van der Waals surface area contributed by atoms with Gasteiger partial charge in [0, 0.05) is 42.8 Å². The summed E-state index contributed by atoms with van der Waals surface area (Å²) < 4.78 is 48.1. The molecule has 1 aliphatic heterocycles. The van der Waals surface area contributed by atoms with Crippen LogP contribution in [0.4, 0.5) is 18.9 Å². The molecule has 1 fully saturated rings. The minimum absolute atomic E-state index is 0.191. The fraction of sp³-hybridized carbons (Fsp3) is 0.280. The smallest absolute Gasteiger partial charge is 0.404 e. The number of halogens is 3. The van der Waals surface area contributed by atoms with Crippen molar-refractivity contribution >= 4 is 11.6 Å². The van der Waals surface area contributed by atoms with Gasteiger partial charge in [-0.25, -0.2) is 0 Å². The molecule has 2 aromatic carbocycles. The van der Waals surface area contributed by atoms with Crippen LogP contribution in [-0.4, -0.2) is 35.1 Å². The van der Waals surface area contributed by atoms with Crippen LogP contribution in [0.15, 0.2) is 79.1 Å². The molecule has 0 bridgehead atoms. The minimum Gasteiger partial charge on any atom is -0.489 e. The van der Waals surface area contributed by atoms with Crippen molar-refractivity contribution in [1.82, 2.24) is 9.88 Å². The van der Waals surface area contributed by atoms with Crippen LogP contribution in [-0.2, 0) is 17.9 Å². The first kappa shape index (κ1) is 22.8. The molecule has 1 atom stereocenters. The van der Waals surface area contributed by atoms with Gasteiger partial charge >= 0.3 is 6.18 Å². The number of aromatic nitrogens is 1.